The van der Waals surface area contributed by atoms with Crippen LogP contribution in [-0.2, 0) is 0 Å². The van der Waals surface area contributed by atoms with E-state index in [-0.39, 0.29) is 0 Å². The number of benzene rings is 1. The molecule has 1 aromatic rings. The van der Waals surface area contributed by atoms with E-state index in [1.165, 1.54) is 12.2 Å². The zero-order valence-electron chi connectivity index (χ0n) is 11.0. The molecule has 0 spiro atoms. The lowest BCUT2D eigenvalue weighted by atomic mass is 10.2. The summed E-state index contributed by atoms with van der Waals surface area (Å²) >= 11 is 3.48. The highest BCUT2D eigenvalue weighted by atomic mass is 79.9. The first-order valence-electron chi connectivity index (χ1n) is 6.33. The van der Waals surface area contributed by atoms with Gasteiger partial charge in [-0.3, -0.25) is 0 Å². The molecule has 1 aromatic carbocycles. The van der Waals surface area contributed by atoms with E-state index >= 15 is 0 Å². The molecule has 0 bridgehead atoms. The summed E-state index contributed by atoms with van der Waals surface area (Å²) in [6.45, 7) is 11.2. The van der Waals surface area contributed by atoms with Gasteiger partial charge >= 0.3 is 0 Å². The van der Waals surface area contributed by atoms with Crippen molar-refractivity contribution in [3.63, 3.8) is 0 Å². The largest absolute Gasteiger partial charge is 0.384 e. The van der Waals surface area contributed by atoms with E-state index in [0.29, 0.717) is 0 Å². The highest BCUT2D eigenvalue weighted by Crippen LogP contribution is 2.15. The van der Waals surface area contributed by atoms with E-state index in [4.69, 9.17) is 0 Å². The van der Waals surface area contributed by atoms with Gasteiger partial charge in [0.05, 0.1) is 0 Å². The molecule has 0 heterocycles. The predicted molar refractivity (Wildman–Crippen MR) is 79.6 cm³/mol. The normalized spacial score (nSPS) is 11.2. The standard InChI is InChI=1S/C14H23BrN2/c1-4-17(11-12(2)3)9-8-16-14-7-5-6-13(15)10-14/h5-7,10,12,16H,4,8-9,11H2,1-3H3. The van der Waals surface area contributed by atoms with Crippen molar-refractivity contribution in [2.45, 2.75) is 20.8 Å². The molecular formula is C14H23BrN2. The third-order valence-electron chi connectivity index (χ3n) is 2.65. The molecule has 0 atom stereocenters. The average Bonchev–Trinajstić information content (AvgIpc) is 2.27. The van der Waals surface area contributed by atoms with Crippen LogP contribution >= 0.6 is 15.9 Å². The first-order chi connectivity index (χ1) is 8.11. The molecule has 0 aliphatic heterocycles. The number of anilines is 1. The van der Waals surface area contributed by atoms with Gasteiger partial charge in [-0.2, -0.15) is 0 Å². The summed E-state index contributed by atoms with van der Waals surface area (Å²) in [6.07, 6.45) is 0. The zero-order chi connectivity index (χ0) is 12.7. The van der Waals surface area contributed by atoms with Crippen molar-refractivity contribution in [1.82, 2.24) is 4.90 Å². The molecule has 1 N–H and O–H groups in total. The van der Waals surface area contributed by atoms with Crippen LogP contribution in [0.1, 0.15) is 20.8 Å². The summed E-state index contributed by atoms with van der Waals surface area (Å²) in [5, 5.41) is 3.45. The molecule has 0 aliphatic carbocycles. The van der Waals surface area contributed by atoms with Crippen molar-refractivity contribution in [3.8, 4) is 0 Å². The van der Waals surface area contributed by atoms with Gasteiger partial charge in [-0.15, -0.1) is 0 Å². The number of rotatable bonds is 7. The molecule has 1 rings (SSSR count). The number of likely N-dealkylation sites (N-methyl/N-ethyl adjacent to an activating group) is 1. The van der Waals surface area contributed by atoms with E-state index in [2.05, 4.69) is 65.1 Å². The summed E-state index contributed by atoms with van der Waals surface area (Å²) in [4.78, 5) is 2.48. The van der Waals surface area contributed by atoms with Crippen LogP contribution in [0.2, 0.25) is 0 Å². The fraction of sp³-hybridized carbons (Fsp3) is 0.571. The Kier molecular flexibility index (Phi) is 6.60. The smallest absolute Gasteiger partial charge is 0.0351 e. The fourth-order valence-corrected chi connectivity index (χ4v) is 2.25. The number of hydrogen-bond acceptors (Lipinski definition) is 2. The molecular weight excluding hydrogens is 276 g/mol. The van der Waals surface area contributed by atoms with E-state index in [0.717, 1.165) is 30.0 Å². The van der Waals surface area contributed by atoms with Gasteiger partial charge in [-0.25, -0.2) is 0 Å². The number of nitrogens with zero attached hydrogens (tertiary/aromatic N) is 1. The lowest BCUT2D eigenvalue weighted by Gasteiger charge is -2.22. The maximum absolute atomic E-state index is 3.48. The second-order valence-electron chi connectivity index (χ2n) is 4.72. The monoisotopic (exact) mass is 298 g/mol. The van der Waals surface area contributed by atoms with Crippen molar-refractivity contribution in [3.05, 3.63) is 28.7 Å². The Morgan fingerprint density at radius 3 is 2.71 bits per heavy atom. The SMILES string of the molecule is CCN(CCNc1cccc(Br)c1)CC(C)C. The van der Waals surface area contributed by atoms with Crippen LogP contribution in [0.4, 0.5) is 5.69 Å². The third-order valence-corrected chi connectivity index (χ3v) is 3.15. The Hall–Kier alpha value is -0.540. The molecule has 0 saturated heterocycles. The molecule has 0 saturated carbocycles. The van der Waals surface area contributed by atoms with Gasteiger partial charge in [0, 0.05) is 29.8 Å². The molecule has 0 unspecified atom stereocenters. The quantitative estimate of drug-likeness (QED) is 0.823. The molecule has 0 fully saturated rings. The maximum atomic E-state index is 3.48. The molecule has 96 valence electrons. The van der Waals surface area contributed by atoms with Crippen molar-refractivity contribution >= 4 is 21.6 Å². The first kappa shape index (κ1) is 14.5. The summed E-state index contributed by atoms with van der Waals surface area (Å²) < 4.78 is 1.12. The van der Waals surface area contributed by atoms with E-state index < -0.39 is 0 Å². The molecule has 0 amide bonds. The minimum Gasteiger partial charge on any atom is -0.384 e. The molecule has 0 aromatic heterocycles. The second-order valence-corrected chi connectivity index (χ2v) is 5.64. The van der Waals surface area contributed by atoms with E-state index in [1.807, 2.05) is 6.07 Å². The van der Waals surface area contributed by atoms with Gasteiger partial charge in [0.25, 0.3) is 0 Å². The van der Waals surface area contributed by atoms with Gasteiger partial charge in [0.1, 0.15) is 0 Å². The molecule has 0 radical (unpaired) electrons. The van der Waals surface area contributed by atoms with Gasteiger partial charge in [0.2, 0.25) is 0 Å². The van der Waals surface area contributed by atoms with Crippen LogP contribution in [0.25, 0.3) is 0 Å². The highest BCUT2D eigenvalue weighted by molar-refractivity contribution is 9.10. The van der Waals surface area contributed by atoms with Crippen LogP contribution in [0, 0.1) is 5.92 Å². The number of nitrogens with one attached hydrogen (secondary N) is 1. The van der Waals surface area contributed by atoms with Gasteiger partial charge in [0.15, 0.2) is 0 Å². The van der Waals surface area contributed by atoms with Gasteiger partial charge in [-0.1, -0.05) is 42.8 Å². The van der Waals surface area contributed by atoms with Crippen molar-refractivity contribution in [2.75, 3.05) is 31.5 Å². The fourth-order valence-electron chi connectivity index (χ4n) is 1.85. The lowest BCUT2D eigenvalue weighted by molar-refractivity contribution is 0.265. The Labute approximate surface area is 114 Å². The Balaban J connectivity index is 2.31. The van der Waals surface area contributed by atoms with Gasteiger partial charge in [-0.05, 0) is 30.7 Å². The Morgan fingerprint density at radius 2 is 2.12 bits per heavy atom. The number of hydrogen-bond donors (Lipinski definition) is 1. The predicted octanol–water partition coefficient (Wildman–Crippen LogP) is 3.84. The lowest BCUT2D eigenvalue weighted by Crippen LogP contribution is -2.32. The Bertz CT molecular complexity index is 326. The van der Waals surface area contributed by atoms with Crippen molar-refractivity contribution in [2.24, 2.45) is 5.92 Å². The topological polar surface area (TPSA) is 15.3 Å². The van der Waals surface area contributed by atoms with E-state index in [1.54, 1.807) is 0 Å². The summed E-state index contributed by atoms with van der Waals surface area (Å²) in [5.41, 5.74) is 1.18. The summed E-state index contributed by atoms with van der Waals surface area (Å²) in [5.74, 6) is 0.737. The second kappa shape index (κ2) is 7.72. The molecule has 3 heteroatoms. The van der Waals surface area contributed by atoms with Crippen LogP contribution in [-0.4, -0.2) is 31.1 Å². The summed E-state index contributed by atoms with van der Waals surface area (Å²) in [7, 11) is 0. The average molecular weight is 299 g/mol. The summed E-state index contributed by atoms with van der Waals surface area (Å²) in [6, 6.07) is 8.31. The van der Waals surface area contributed by atoms with Crippen LogP contribution < -0.4 is 5.32 Å². The van der Waals surface area contributed by atoms with Gasteiger partial charge < -0.3 is 10.2 Å². The highest BCUT2D eigenvalue weighted by Gasteiger charge is 2.04. The van der Waals surface area contributed by atoms with Crippen molar-refractivity contribution in [1.29, 1.82) is 0 Å². The Morgan fingerprint density at radius 1 is 1.35 bits per heavy atom. The molecule has 2 nitrogen and oxygen atoms in total. The first-order valence-corrected chi connectivity index (χ1v) is 7.13. The molecule has 17 heavy (non-hydrogen) atoms. The number of halogens is 1. The minimum atomic E-state index is 0.737. The van der Waals surface area contributed by atoms with E-state index in [9.17, 15) is 0 Å². The zero-order valence-corrected chi connectivity index (χ0v) is 12.6. The van der Waals surface area contributed by atoms with Crippen LogP contribution in [0.15, 0.2) is 28.7 Å². The van der Waals surface area contributed by atoms with Crippen LogP contribution in [0.3, 0.4) is 0 Å². The molecule has 0 aliphatic rings. The maximum Gasteiger partial charge on any atom is 0.0351 e. The van der Waals surface area contributed by atoms with Crippen LogP contribution in [0.5, 0.6) is 0 Å². The third kappa shape index (κ3) is 6.08. The van der Waals surface area contributed by atoms with Crippen molar-refractivity contribution < 1.29 is 0 Å². The minimum absolute atomic E-state index is 0.737.